The highest BCUT2D eigenvalue weighted by molar-refractivity contribution is 7.00. The molecule has 0 bridgehead atoms. The predicted octanol–water partition coefficient (Wildman–Crippen LogP) is 10.7. The molecule has 0 spiro atoms. The summed E-state index contributed by atoms with van der Waals surface area (Å²) in [7, 11) is 0. The van der Waals surface area contributed by atoms with E-state index in [-0.39, 0.29) is 47.4 Å². The zero-order valence-corrected chi connectivity index (χ0v) is 28.3. The van der Waals surface area contributed by atoms with E-state index in [9.17, 15) is 0 Å². The number of rotatable bonds is 4. The number of hydrogen-bond donors (Lipinski definition) is 0. The van der Waals surface area contributed by atoms with E-state index in [2.05, 4.69) is 73.0 Å². The minimum Gasteiger partial charge on any atom is -0.311 e. The van der Waals surface area contributed by atoms with Crippen molar-refractivity contribution >= 4 is 57.2 Å². The molecule has 0 aliphatic carbocycles. The lowest BCUT2D eigenvalue weighted by atomic mass is 9.33. The molecule has 0 saturated carbocycles. The first-order valence-corrected chi connectivity index (χ1v) is 16.8. The summed E-state index contributed by atoms with van der Waals surface area (Å²) >= 11 is 0. The molecule has 0 amide bonds. The van der Waals surface area contributed by atoms with Gasteiger partial charge in [0.1, 0.15) is 0 Å². The molecule has 2 aliphatic rings. The topological polar surface area (TPSA) is 6.48 Å². The van der Waals surface area contributed by atoms with Gasteiger partial charge in [0.25, 0.3) is 6.71 Å². The van der Waals surface area contributed by atoms with Crippen LogP contribution >= 0.6 is 0 Å². The van der Waals surface area contributed by atoms with Gasteiger partial charge in [0.05, 0.1) is 25.1 Å². The zero-order chi connectivity index (χ0) is 42.7. The Kier molecular flexibility index (Phi) is 4.98. The van der Waals surface area contributed by atoms with Gasteiger partial charge in [-0.2, -0.15) is 0 Å². The van der Waals surface area contributed by atoms with E-state index in [0.717, 1.165) is 50.3 Å². The van der Waals surface area contributed by atoms with Crippen molar-refractivity contribution in [1.82, 2.24) is 0 Å². The Morgan fingerprint density at radius 3 is 1.54 bits per heavy atom. The second-order valence-electron chi connectivity index (χ2n) is 13.9. The molecule has 0 saturated heterocycles. The van der Waals surface area contributed by atoms with Crippen molar-refractivity contribution < 1.29 is 13.7 Å². The summed E-state index contributed by atoms with van der Waals surface area (Å²) in [5.74, 6) is 0. The van der Waals surface area contributed by atoms with Gasteiger partial charge < -0.3 is 9.80 Å². The number of fused-ring (bicyclic) bond motifs is 4. The summed E-state index contributed by atoms with van der Waals surface area (Å²) < 4.78 is 86.9. The molecule has 0 fully saturated rings. The summed E-state index contributed by atoms with van der Waals surface area (Å²) in [5, 5.41) is 0. The third-order valence-electron chi connectivity index (χ3n) is 9.82. The van der Waals surface area contributed by atoms with Gasteiger partial charge in [-0.15, -0.1) is 0 Å². The molecule has 0 N–H and O–H groups in total. The molecule has 9 rings (SSSR count). The Balaban J connectivity index is 1.39. The van der Waals surface area contributed by atoms with Crippen molar-refractivity contribution in [2.75, 3.05) is 9.80 Å². The Labute approximate surface area is 310 Å². The maximum Gasteiger partial charge on any atom is 0.252 e. The van der Waals surface area contributed by atoms with Crippen molar-refractivity contribution in [3.05, 3.63) is 175 Å². The number of para-hydroxylation sites is 3. The van der Waals surface area contributed by atoms with E-state index in [4.69, 9.17) is 13.7 Å². The third kappa shape index (κ3) is 4.80. The number of hydrogen-bond acceptors (Lipinski definition) is 2. The fourth-order valence-electron chi connectivity index (χ4n) is 7.60. The Hall–Kier alpha value is -5.80. The fraction of sp³-hybridized carbons (Fsp3) is 0.106. The average Bonchev–Trinajstić information content (AvgIpc) is 3.23. The maximum atomic E-state index is 9.03. The molecule has 2 nitrogen and oxygen atoms in total. The molecule has 240 valence electrons. The van der Waals surface area contributed by atoms with Crippen molar-refractivity contribution in [2.45, 2.75) is 33.1 Å². The fourth-order valence-corrected chi connectivity index (χ4v) is 7.60. The molecule has 0 unspecified atom stereocenters. The average molecular weight is 653 g/mol. The van der Waals surface area contributed by atoms with Crippen LogP contribution in [-0.2, 0) is 5.41 Å². The van der Waals surface area contributed by atoms with E-state index in [1.807, 2.05) is 61.5 Å². The van der Waals surface area contributed by atoms with Crippen LogP contribution in [0.5, 0.6) is 0 Å². The van der Waals surface area contributed by atoms with Gasteiger partial charge in [0.2, 0.25) is 0 Å². The molecule has 7 aromatic rings. The first-order chi connectivity index (χ1) is 28.5. The molecule has 50 heavy (non-hydrogen) atoms. The monoisotopic (exact) mass is 652 g/mol. The van der Waals surface area contributed by atoms with Crippen LogP contribution in [0.1, 0.15) is 45.6 Å². The standard InChI is InChI=1S/C47H39BN2/c1-32-29-44-46-45(30-32)50(41-25-15-12-22-37(41)34-19-9-6-10-20-34)43-31-35(47(2,3)4)27-28-39(43)48(46)38-23-13-16-26-42(38)49(44)40-24-14-11-21-36(40)33-17-7-5-8-18-33/h5-31H,1-4H3/i5D,6D,7D,8D,9D,10D,17D,18D,19D,20D. The SMILES string of the molecule is [2H]c1c([2H])c([2H])c(-c2ccccc2N2c3ccccc3B3c4ccc(C(C)(C)C)cc4N(c4ccccc4-c4c([2H])c([2H])c([2H])c([2H])c4[2H])c4cc(C)cc2c43)c([2H])c1[2H]. The normalized spacial score (nSPS) is 15.9. The predicted molar refractivity (Wildman–Crippen MR) is 215 cm³/mol. The van der Waals surface area contributed by atoms with Crippen LogP contribution < -0.4 is 26.2 Å². The smallest absolute Gasteiger partial charge is 0.252 e. The van der Waals surface area contributed by atoms with Crippen LogP contribution in [0.2, 0.25) is 0 Å². The number of aryl methyl sites for hydroxylation is 1. The number of nitrogens with zero attached hydrogens (tertiary/aromatic N) is 2. The van der Waals surface area contributed by atoms with E-state index >= 15 is 0 Å². The zero-order valence-electron chi connectivity index (χ0n) is 38.3. The molecular weight excluding hydrogens is 603 g/mol. The first-order valence-electron chi connectivity index (χ1n) is 21.8. The van der Waals surface area contributed by atoms with E-state index < -0.39 is 36.3 Å². The summed E-state index contributed by atoms with van der Waals surface area (Å²) in [4.78, 5) is 4.29. The lowest BCUT2D eigenvalue weighted by molar-refractivity contribution is 0.590. The van der Waals surface area contributed by atoms with Gasteiger partial charge in [0, 0.05) is 33.9 Å². The van der Waals surface area contributed by atoms with Crippen LogP contribution in [0.3, 0.4) is 0 Å². The Morgan fingerprint density at radius 2 is 0.980 bits per heavy atom. The van der Waals surface area contributed by atoms with Gasteiger partial charge in [-0.25, -0.2) is 0 Å². The third-order valence-corrected chi connectivity index (χ3v) is 9.82. The lowest BCUT2D eigenvalue weighted by Crippen LogP contribution is -2.61. The summed E-state index contributed by atoms with van der Waals surface area (Å²) in [5.41, 5.74) is 10.7. The number of anilines is 6. The molecule has 0 atom stereocenters. The quantitative estimate of drug-likeness (QED) is 0.175. The summed E-state index contributed by atoms with van der Waals surface area (Å²) in [6, 6.07) is 30.1. The van der Waals surface area contributed by atoms with E-state index in [1.54, 1.807) is 6.07 Å². The second kappa shape index (κ2) is 11.7. The molecule has 7 aromatic carbocycles. The molecule has 2 heterocycles. The second-order valence-corrected chi connectivity index (χ2v) is 13.9. The largest absolute Gasteiger partial charge is 0.311 e. The Bertz CT molecular complexity index is 2920. The van der Waals surface area contributed by atoms with Gasteiger partial charge in [0.15, 0.2) is 0 Å². The lowest BCUT2D eigenvalue weighted by Gasteiger charge is -2.45. The molecular formula is C47H39BN2. The van der Waals surface area contributed by atoms with Gasteiger partial charge >= 0.3 is 0 Å². The highest BCUT2D eigenvalue weighted by Crippen LogP contribution is 2.48. The van der Waals surface area contributed by atoms with Crippen molar-refractivity contribution in [3.63, 3.8) is 0 Å². The number of benzene rings is 7. The molecule has 2 aliphatic heterocycles. The first kappa shape index (κ1) is 21.3. The van der Waals surface area contributed by atoms with Crippen LogP contribution in [0.4, 0.5) is 34.1 Å². The van der Waals surface area contributed by atoms with Crippen LogP contribution in [0.15, 0.2) is 164 Å². The highest BCUT2D eigenvalue weighted by Gasteiger charge is 2.44. The van der Waals surface area contributed by atoms with Gasteiger partial charge in [-0.3, -0.25) is 0 Å². The molecule has 0 aromatic heterocycles. The summed E-state index contributed by atoms with van der Waals surface area (Å²) in [6.07, 6.45) is 0. The highest BCUT2D eigenvalue weighted by atomic mass is 15.2. The van der Waals surface area contributed by atoms with E-state index in [1.165, 1.54) is 0 Å². The van der Waals surface area contributed by atoms with Gasteiger partial charge in [-0.1, -0.05) is 148 Å². The molecule has 3 heteroatoms. The minimum atomic E-state index is -0.456. The van der Waals surface area contributed by atoms with E-state index in [0.29, 0.717) is 22.5 Å². The maximum absolute atomic E-state index is 9.03. The minimum absolute atomic E-state index is 0.104. The van der Waals surface area contributed by atoms with Crippen LogP contribution in [0.25, 0.3) is 22.3 Å². The van der Waals surface area contributed by atoms with Crippen molar-refractivity contribution in [1.29, 1.82) is 0 Å². The van der Waals surface area contributed by atoms with Crippen LogP contribution in [-0.4, -0.2) is 6.71 Å². The van der Waals surface area contributed by atoms with Gasteiger partial charge in [-0.05, 0) is 87.4 Å². The Morgan fingerprint density at radius 1 is 0.500 bits per heavy atom. The molecule has 0 radical (unpaired) electrons. The van der Waals surface area contributed by atoms with Crippen molar-refractivity contribution in [2.24, 2.45) is 0 Å². The van der Waals surface area contributed by atoms with Crippen LogP contribution in [0, 0.1) is 6.92 Å². The van der Waals surface area contributed by atoms with Crippen molar-refractivity contribution in [3.8, 4) is 22.3 Å². The summed E-state index contributed by atoms with van der Waals surface area (Å²) in [6.45, 7) is 8.26.